The van der Waals surface area contributed by atoms with Crippen molar-refractivity contribution in [3.63, 3.8) is 0 Å². The Morgan fingerprint density at radius 2 is 1.96 bits per heavy atom. The quantitative estimate of drug-likeness (QED) is 0.802. The zero-order valence-corrected chi connectivity index (χ0v) is 12.6. The summed E-state index contributed by atoms with van der Waals surface area (Å²) in [6, 6.07) is 11.6. The van der Waals surface area contributed by atoms with Crippen LogP contribution in [0.2, 0.25) is 5.02 Å². The average Bonchev–Trinajstić information content (AvgIpc) is 2.54. The van der Waals surface area contributed by atoms with Crippen LogP contribution in [0.4, 0.5) is 0 Å². The lowest BCUT2D eigenvalue weighted by Crippen LogP contribution is -2.15. The predicted molar refractivity (Wildman–Crippen MR) is 88.8 cm³/mol. The number of pyridine rings is 1. The lowest BCUT2D eigenvalue weighted by atomic mass is 10.2. The summed E-state index contributed by atoms with van der Waals surface area (Å²) >= 11 is 6.07. The maximum absolute atomic E-state index is 12.1. The zero-order valence-electron chi connectivity index (χ0n) is 11.8. The van der Waals surface area contributed by atoms with E-state index in [0.717, 1.165) is 5.56 Å². The predicted octanol–water partition coefficient (Wildman–Crippen LogP) is 3.22. The van der Waals surface area contributed by atoms with E-state index < -0.39 is 5.97 Å². The van der Waals surface area contributed by atoms with Gasteiger partial charge >= 0.3 is 5.97 Å². The van der Waals surface area contributed by atoms with Crippen LogP contribution in [0.5, 0.6) is 0 Å². The van der Waals surface area contributed by atoms with Crippen LogP contribution >= 0.6 is 11.6 Å². The van der Waals surface area contributed by atoms with Gasteiger partial charge in [-0.05, 0) is 29.8 Å². The first-order valence-corrected chi connectivity index (χ1v) is 7.12. The third-order valence-electron chi connectivity index (χ3n) is 3.27. The first-order chi connectivity index (χ1) is 11.0. The lowest BCUT2D eigenvalue weighted by molar-refractivity contribution is 0.0696. The summed E-state index contributed by atoms with van der Waals surface area (Å²) in [4.78, 5) is 27.4. The number of carboxylic acid groups (broad SMARTS) is 1. The standard InChI is InChI=1S/C17H11ClN2O3/c18-14-4-2-1-3-11(14)5-7-13-9-16(21)20-10-12(17(22)23)6-8-15(20)19-13/h1-10H,(H,22,23)/b7-5+. The van der Waals surface area contributed by atoms with Crippen molar-refractivity contribution >= 4 is 35.4 Å². The molecule has 0 amide bonds. The molecule has 0 aliphatic heterocycles. The number of halogens is 1. The van der Waals surface area contributed by atoms with E-state index in [9.17, 15) is 9.59 Å². The Morgan fingerprint density at radius 1 is 1.17 bits per heavy atom. The first kappa shape index (κ1) is 15.0. The van der Waals surface area contributed by atoms with Crippen molar-refractivity contribution in [2.45, 2.75) is 0 Å². The number of rotatable bonds is 3. The van der Waals surface area contributed by atoms with Crippen molar-refractivity contribution in [2.24, 2.45) is 0 Å². The monoisotopic (exact) mass is 326 g/mol. The fraction of sp³-hybridized carbons (Fsp3) is 0. The molecule has 5 nitrogen and oxygen atoms in total. The molecule has 0 spiro atoms. The van der Waals surface area contributed by atoms with Gasteiger partial charge in [0.05, 0.1) is 11.3 Å². The fourth-order valence-corrected chi connectivity index (χ4v) is 2.32. The summed E-state index contributed by atoms with van der Waals surface area (Å²) in [5, 5.41) is 9.57. The van der Waals surface area contributed by atoms with Gasteiger partial charge in [-0.2, -0.15) is 0 Å². The maximum Gasteiger partial charge on any atom is 0.337 e. The van der Waals surface area contributed by atoms with Gasteiger partial charge in [-0.25, -0.2) is 9.78 Å². The number of hydrogen-bond acceptors (Lipinski definition) is 3. The van der Waals surface area contributed by atoms with Crippen LogP contribution < -0.4 is 5.56 Å². The van der Waals surface area contributed by atoms with E-state index >= 15 is 0 Å². The number of carbonyl (C=O) groups is 1. The molecule has 0 saturated carbocycles. The molecule has 0 unspecified atom stereocenters. The molecule has 0 saturated heterocycles. The van der Waals surface area contributed by atoms with Gasteiger partial charge in [0, 0.05) is 17.3 Å². The van der Waals surface area contributed by atoms with Gasteiger partial charge in [-0.3, -0.25) is 9.20 Å². The fourth-order valence-electron chi connectivity index (χ4n) is 2.12. The highest BCUT2D eigenvalue weighted by atomic mass is 35.5. The molecule has 0 aliphatic carbocycles. The molecule has 1 N–H and O–H groups in total. The Bertz CT molecular complexity index is 993. The van der Waals surface area contributed by atoms with Gasteiger partial charge < -0.3 is 5.11 Å². The number of fused-ring (bicyclic) bond motifs is 1. The van der Waals surface area contributed by atoms with Gasteiger partial charge in [0.15, 0.2) is 0 Å². The van der Waals surface area contributed by atoms with Crippen molar-refractivity contribution in [3.8, 4) is 0 Å². The molecule has 0 fully saturated rings. The molecule has 3 rings (SSSR count). The van der Waals surface area contributed by atoms with Crippen molar-refractivity contribution < 1.29 is 9.90 Å². The highest BCUT2D eigenvalue weighted by molar-refractivity contribution is 6.32. The molecule has 1 aromatic carbocycles. The van der Waals surface area contributed by atoms with Gasteiger partial charge in [-0.1, -0.05) is 35.9 Å². The number of benzene rings is 1. The van der Waals surface area contributed by atoms with E-state index in [1.807, 2.05) is 18.2 Å². The van der Waals surface area contributed by atoms with E-state index in [1.165, 1.54) is 28.8 Å². The van der Waals surface area contributed by atoms with E-state index in [-0.39, 0.29) is 11.1 Å². The molecule has 23 heavy (non-hydrogen) atoms. The van der Waals surface area contributed by atoms with Gasteiger partial charge in [0.25, 0.3) is 5.56 Å². The molecule has 0 aliphatic rings. The maximum atomic E-state index is 12.1. The number of aromatic nitrogens is 2. The second kappa shape index (κ2) is 6.06. The van der Waals surface area contributed by atoms with Gasteiger partial charge in [0.2, 0.25) is 0 Å². The van der Waals surface area contributed by atoms with Crippen LogP contribution in [-0.4, -0.2) is 20.5 Å². The molecular formula is C17H11ClN2O3. The first-order valence-electron chi connectivity index (χ1n) is 6.74. The normalized spacial score (nSPS) is 11.2. The van der Waals surface area contributed by atoms with Crippen molar-refractivity contribution in [2.75, 3.05) is 0 Å². The lowest BCUT2D eigenvalue weighted by Gasteiger charge is -2.03. The molecule has 2 heterocycles. The molecule has 6 heteroatoms. The molecule has 3 aromatic rings. The minimum atomic E-state index is -1.10. The Morgan fingerprint density at radius 3 is 2.70 bits per heavy atom. The Balaban J connectivity index is 2.03. The van der Waals surface area contributed by atoms with E-state index in [4.69, 9.17) is 16.7 Å². The summed E-state index contributed by atoms with van der Waals surface area (Å²) in [7, 11) is 0. The summed E-state index contributed by atoms with van der Waals surface area (Å²) in [5.74, 6) is -1.10. The van der Waals surface area contributed by atoms with E-state index in [0.29, 0.717) is 16.4 Å². The van der Waals surface area contributed by atoms with E-state index in [1.54, 1.807) is 18.2 Å². The third kappa shape index (κ3) is 3.14. The second-order valence-electron chi connectivity index (χ2n) is 4.83. The molecule has 0 radical (unpaired) electrons. The summed E-state index contributed by atoms with van der Waals surface area (Å²) < 4.78 is 1.20. The number of carboxylic acids is 1. The Kier molecular flexibility index (Phi) is 3.95. The number of hydrogen-bond donors (Lipinski definition) is 1. The minimum absolute atomic E-state index is 0.0285. The van der Waals surface area contributed by atoms with Crippen LogP contribution in [0.25, 0.3) is 17.8 Å². The SMILES string of the molecule is O=C(O)c1ccc2nc(/C=C/c3ccccc3Cl)cc(=O)n2c1. The largest absolute Gasteiger partial charge is 0.478 e. The summed E-state index contributed by atoms with van der Waals surface area (Å²) in [6.07, 6.45) is 4.72. The average molecular weight is 327 g/mol. The number of nitrogens with zero attached hydrogens (tertiary/aromatic N) is 2. The topological polar surface area (TPSA) is 71.7 Å². The smallest absolute Gasteiger partial charge is 0.337 e. The zero-order chi connectivity index (χ0) is 16.4. The highest BCUT2D eigenvalue weighted by Gasteiger charge is 2.06. The third-order valence-corrected chi connectivity index (χ3v) is 3.61. The van der Waals surface area contributed by atoms with Crippen LogP contribution in [0.3, 0.4) is 0 Å². The molecule has 114 valence electrons. The highest BCUT2D eigenvalue weighted by Crippen LogP contribution is 2.17. The minimum Gasteiger partial charge on any atom is -0.478 e. The Hall–Kier alpha value is -2.92. The molecular weight excluding hydrogens is 316 g/mol. The van der Waals surface area contributed by atoms with Crippen LogP contribution in [0, 0.1) is 0 Å². The van der Waals surface area contributed by atoms with Gasteiger partial charge in [0.1, 0.15) is 5.65 Å². The van der Waals surface area contributed by atoms with Crippen molar-refractivity contribution in [1.82, 2.24) is 9.38 Å². The molecule has 0 atom stereocenters. The van der Waals surface area contributed by atoms with E-state index in [2.05, 4.69) is 4.98 Å². The van der Waals surface area contributed by atoms with Crippen LogP contribution in [0.15, 0.2) is 53.5 Å². The second-order valence-corrected chi connectivity index (χ2v) is 5.23. The number of aromatic carboxylic acids is 1. The summed E-state index contributed by atoms with van der Waals surface area (Å²) in [5.41, 5.74) is 1.34. The van der Waals surface area contributed by atoms with Crippen molar-refractivity contribution in [3.05, 3.63) is 80.9 Å². The Labute approximate surface area is 136 Å². The molecule has 2 aromatic heterocycles. The van der Waals surface area contributed by atoms with Crippen LogP contribution in [0.1, 0.15) is 21.6 Å². The van der Waals surface area contributed by atoms with Gasteiger partial charge in [-0.15, -0.1) is 0 Å². The molecule has 0 bridgehead atoms. The summed E-state index contributed by atoms with van der Waals surface area (Å²) in [6.45, 7) is 0. The van der Waals surface area contributed by atoms with Crippen LogP contribution in [-0.2, 0) is 0 Å². The van der Waals surface area contributed by atoms with Crippen molar-refractivity contribution in [1.29, 1.82) is 0 Å².